The number of furan rings is 1. The highest BCUT2D eigenvalue weighted by atomic mass is 16.5. The van der Waals surface area contributed by atoms with Gasteiger partial charge in [-0.3, -0.25) is 9.36 Å². The highest BCUT2D eigenvalue weighted by molar-refractivity contribution is 5.93. The zero-order valence-corrected chi connectivity index (χ0v) is 11.3. The van der Waals surface area contributed by atoms with E-state index in [2.05, 4.69) is 4.98 Å². The van der Waals surface area contributed by atoms with Crippen molar-refractivity contribution >= 4 is 17.1 Å². The summed E-state index contributed by atoms with van der Waals surface area (Å²) in [7, 11) is 0. The Morgan fingerprint density at radius 1 is 1.38 bits per heavy atom. The van der Waals surface area contributed by atoms with E-state index in [1.54, 1.807) is 35.9 Å². The van der Waals surface area contributed by atoms with Crippen LogP contribution in [-0.2, 0) is 4.74 Å². The quantitative estimate of drug-likeness (QED) is 0.689. The van der Waals surface area contributed by atoms with E-state index in [0.29, 0.717) is 16.9 Å². The minimum absolute atomic E-state index is 0.0450. The molecule has 0 aliphatic carbocycles. The van der Waals surface area contributed by atoms with Crippen LogP contribution in [0.25, 0.3) is 16.9 Å². The first-order valence-electron chi connectivity index (χ1n) is 6.43. The summed E-state index contributed by atoms with van der Waals surface area (Å²) in [6, 6.07) is 6.86. The molecule has 106 valence electrons. The molecule has 0 spiro atoms. The number of pyridine rings is 2. The minimum atomic E-state index is -0.657. The zero-order valence-electron chi connectivity index (χ0n) is 11.3. The number of nitrogens with zero attached hydrogens (tertiary/aromatic N) is 2. The van der Waals surface area contributed by atoms with Crippen molar-refractivity contribution in [1.29, 1.82) is 0 Å². The summed E-state index contributed by atoms with van der Waals surface area (Å²) in [4.78, 5) is 28.4. The van der Waals surface area contributed by atoms with Crippen LogP contribution in [0, 0.1) is 0 Å². The fraction of sp³-hybridized carbons (Fsp3) is 0.133. The molecule has 0 aliphatic rings. The Morgan fingerprint density at radius 3 is 2.95 bits per heavy atom. The van der Waals surface area contributed by atoms with E-state index < -0.39 is 11.4 Å². The lowest BCUT2D eigenvalue weighted by Crippen LogP contribution is -2.20. The summed E-state index contributed by atoms with van der Waals surface area (Å²) in [5, 5.41) is 0.311. The second-order valence-corrected chi connectivity index (χ2v) is 4.29. The van der Waals surface area contributed by atoms with Crippen molar-refractivity contribution in [2.75, 3.05) is 6.61 Å². The average molecular weight is 284 g/mol. The molecule has 0 bridgehead atoms. The predicted molar refractivity (Wildman–Crippen MR) is 75.6 cm³/mol. The van der Waals surface area contributed by atoms with Crippen molar-refractivity contribution in [3.05, 3.63) is 58.7 Å². The molecule has 0 aromatic carbocycles. The third-order valence-corrected chi connectivity index (χ3v) is 3.00. The molecular formula is C15H12N2O4. The van der Waals surface area contributed by atoms with Crippen LogP contribution in [0.4, 0.5) is 0 Å². The average Bonchev–Trinajstić information content (AvgIpc) is 2.99. The number of carbonyl (C=O) groups is 1. The molecule has 6 heteroatoms. The van der Waals surface area contributed by atoms with Crippen LogP contribution in [0.5, 0.6) is 0 Å². The van der Waals surface area contributed by atoms with Gasteiger partial charge in [0.1, 0.15) is 11.4 Å². The predicted octanol–water partition coefficient (Wildman–Crippen LogP) is 2.16. The number of hydrogen-bond donors (Lipinski definition) is 0. The molecule has 3 heterocycles. The maximum absolute atomic E-state index is 12.3. The van der Waals surface area contributed by atoms with Gasteiger partial charge in [0.15, 0.2) is 0 Å². The monoisotopic (exact) mass is 284 g/mol. The van der Waals surface area contributed by atoms with E-state index in [1.165, 1.54) is 18.5 Å². The molecule has 3 rings (SSSR count). The van der Waals surface area contributed by atoms with Crippen LogP contribution in [0.3, 0.4) is 0 Å². The normalized spacial score (nSPS) is 10.7. The Balaban J connectivity index is 2.30. The van der Waals surface area contributed by atoms with Gasteiger partial charge < -0.3 is 9.15 Å². The summed E-state index contributed by atoms with van der Waals surface area (Å²) in [5.41, 5.74) is -0.118. The summed E-state index contributed by atoms with van der Waals surface area (Å²) >= 11 is 0. The van der Waals surface area contributed by atoms with Gasteiger partial charge in [-0.2, -0.15) is 0 Å². The third kappa shape index (κ3) is 2.20. The Morgan fingerprint density at radius 2 is 2.24 bits per heavy atom. The van der Waals surface area contributed by atoms with Gasteiger partial charge in [-0.25, -0.2) is 9.78 Å². The van der Waals surface area contributed by atoms with Crippen LogP contribution < -0.4 is 5.43 Å². The third-order valence-electron chi connectivity index (χ3n) is 3.00. The Labute approximate surface area is 119 Å². The molecule has 0 amide bonds. The number of ether oxygens (including phenoxy) is 1. The summed E-state index contributed by atoms with van der Waals surface area (Å²) in [6.07, 6.45) is 4.42. The maximum Gasteiger partial charge on any atom is 0.343 e. The largest absolute Gasteiger partial charge is 0.462 e. The van der Waals surface area contributed by atoms with Crippen LogP contribution in [0.15, 0.2) is 52.1 Å². The molecule has 0 aliphatic heterocycles. The highest BCUT2D eigenvalue weighted by Crippen LogP contribution is 2.17. The molecule has 0 atom stereocenters. The van der Waals surface area contributed by atoms with E-state index in [0.717, 1.165) is 0 Å². The lowest BCUT2D eigenvalue weighted by atomic mass is 10.2. The van der Waals surface area contributed by atoms with Gasteiger partial charge in [-0.1, -0.05) is 6.07 Å². The van der Waals surface area contributed by atoms with Gasteiger partial charge in [0.25, 0.3) is 0 Å². The van der Waals surface area contributed by atoms with Gasteiger partial charge in [0, 0.05) is 12.4 Å². The first-order chi connectivity index (χ1) is 10.2. The number of esters is 1. The lowest BCUT2D eigenvalue weighted by molar-refractivity contribution is 0.0524. The van der Waals surface area contributed by atoms with Gasteiger partial charge in [-0.05, 0) is 25.1 Å². The van der Waals surface area contributed by atoms with Crippen LogP contribution in [0.2, 0.25) is 0 Å². The number of rotatable bonds is 3. The molecule has 0 fully saturated rings. The molecule has 0 unspecified atom stereocenters. The van der Waals surface area contributed by atoms with Gasteiger partial charge >= 0.3 is 5.97 Å². The number of fused-ring (bicyclic) bond motifs is 1. The van der Waals surface area contributed by atoms with Gasteiger partial charge in [0.05, 0.1) is 18.3 Å². The van der Waals surface area contributed by atoms with Crippen molar-refractivity contribution < 1.29 is 13.9 Å². The molecule has 3 aromatic rings. The minimum Gasteiger partial charge on any atom is -0.462 e. The van der Waals surface area contributed by atoms with E-state index in [1.807, 2.05) is 0 Å². The van der Waals surface area contributed by atoms with Crippen molar-refractivity contribution in [3.63, 3.8) is 0 Å². The Hall–Kier alpha value is -2.89. The molecule has 3 aromatic heterocycles. The Bertz CT molecular complexity index is 849. The van der Waals surface area contributed by atoms with Crippen molar-refractivity contribution in [1.82, 2.24) is 9.55 Å². The first kappa shape index (κ1) is 13.1. The molecule has 6 nitrogen and oxygen atoms in total. The lowest BCUT2D eigenvalue weighted by Gasteiger charge is -2.08. The topological polar surface area (TPSA) is 74.3 Å². The molecule has 21 heavy (non-hydrogen) atoms. The van der Waals surface area contributed by atoms with Gasteiger partial charge in [-0.15, -0.1) is 0 Å². The smallest absolute Gasteiger partial charge is 0.343 e. The molecule has 0 saturated heterocycles. The van der Waals surface area contributed by atoms with E-state index in [9.17, 15) is 9.59 Å². The SMILES string of the molecule is CCOC(=O)c1cn(-c2ccccn2)c2occc2c1=O. The van der Waals surface area contributed by atoms with E-state index in [-0.39, 0.29) is 12.2 Å². The second-order valence-electron chi connectivity index (χ2n) is 4.29. The van der Waals surface area contributed by atoms with Gasteiger partial charge in [0.2, 0.25) is 11.1 Å². The standard InChI is InChI=1S/C15H12N2O4/c1-2-20-15(19)11-9-17(12-5-3-4-7-16-12)14-10(13(11)18)6-8-21-14/h3-9H,2H2,1H3. The highest BCUT2D eigenvalue weighted by Gasteiger charge is 2.19. The first-order valence-corrected chi connectivity index (χ1v) is 6.43. The van der Waals surface area contributed by atoms with Crippen molar-refractivity contribution in [3.8, 4) is 5.82 Å². The van der Waals surface area contributed by atoms with Crippen LogP contribution in [-0.4, -0.2) is 22.1 Å². The Kier molecular flexibility index (Phi) is 3.27. The summed E-state index contributed by atoms with van der Waals surface area (Å²) in [6.45, 7) is 1.89. The van der Waals surface area contributed by atoms with Crippen molar-refractivity contribution in [2.24, 2.45) is 0 Å². The van der Waals surface area contributed by atoms with Crippen LogP contribution >= 0.6 is 0 Å². The molecular weight excluding hydrogens is 272 g/mol. The fourth-order valence-corrected chi connectivity index (χ4v) is 2.07. The zero-order chi connectivity index (χ0) is 14.8. The fourth-order valence-electron chi connectivity index (χ4n) is 2.07. The van der Waals surface area contributed by atoms with E-state index in [4.69, 9.17) is 9.15 Å². The number of hydrogen-bond acceptors (Lipinski definition) is 5. The number of carbonyl (C=O) groups excluding carboxylic acids is 1. The maximum atomic E-state index is 12.3. The molecule has 0 N–H and O–H groups in total. The van der Waals surface area contributed by atoms with Crippen molar-refractivity contribution in [2.45, 2.75) is 6.92 Å². The second kappa shape index (κ2) is 5.24. The van der Waals surface area contributed by atoms with Crippen LogP contribution in [0.1, 0.15) is 17.3 Å². The summed E-state index contributed by atoms with van der Waals surface area (Å²) in [5.74, 6) is -0.113. The molecule has 0 radical (unpaired) electrons. The molecule has 0 saturated carbocycles. The van der Waals surface area contributed by atoms with E-state index >= 15 is 0 Å². The summed E-state index contributed by atoms with van der Waals surface area (Å²) < 4.78 is 11.8. The number of aromatic nitrogens is 2.